The molecule has 47 heavy (non-hydrogen) atoms. The molecular weight excluding hydrogens is 657 g/mol. The third-order valence-corrected chi connectivity index (χ3v) is 9.75. The predicted octanol–water partition coefficient (Wildman–Crippen LogP) is 9.63. The summed E-state index contributed by atoms with van der Waals surface area (Å²) >= 11 is 4.10. The number of carbonyl (C=O) groups excluding carboxylic acids is 2. The highest BCUT2D eigenvalue weighted by Gasteiger charge is 2.18. The number of carbonyl (C=O) groups is 2. The van der Waals surface area contributed by atoms with E-state index in [4.69, 9.17) is 18.3 Å². The summed E-state index contributed by atoms with van der Waals surface area (Å²) in [7, 11) is 0. The molecule has 0 N–H and O–H groups in total. The molecule has 3 aromatic heterocycles. The molecule has 0 atom stereocenters. The van der Waals surface area contributed by atoms with E-state index in [1.54, 1.807) is 72.1 Å². The molecule has 10 nitrogen and oxygen atoms in total. The van der Waals surface area contributed by atoms with E-state index < -0.39 is 11.9 Å². The number of benzene rings is 2. The summed E-state index contributed by atoms with van der Waals surface area (Å²) in [5, 5.41) is 17.5. The van der Waals surface area contributed by atoms with Crippen molar-refractivity contribution in [3.8, 4) is 34.4 Å². The maximum absolute atomic E-state index is 12.8. The van der Waals surface area contributed by atoms with Crippen LogP contribution in [0.1, 0.15) is 84.6 Å². The van der Waals surface area contributed by atoms with Crippen molar-refractivity contribution in [3.05, 3.63) is 70.4 Å². The van der Waals surface area contributed by atoms with Gasteiger partial charge in [0.25, 0.3) is 10.4 Å². The molecule has 0 fully saturated rings. The monoisotopic (exact) mass is 692 g/mol. The smallest absolute Gasteiger partial charge is 0.353 e. The number of nitrogens with zero attached hydrogens (tertiary/aromatic N) is 4. The van der Waals surface area contributed by atoms with Crippen molar-refractivity contribution >= 4 is 46.8 Å². The van der Waals surface area contributed by atoms with Crippen LogP contribution >= 0.6 is 34.9 Å². The van der Waals surface area contributed by atoms with E-state index in [-0.39, 0.29) is 9.75 Å². The molecule has 13 heteroatoms. The lowest BCUT2D eigenvalue weighted by Crippen LogP contribution is -2.07. The molecule has 0 bridgehead atoms. The number of esters is 2. The van der Waals surface area contributed by atoms with Crippen LogP contribution in [0.5, 0.6) is 11.5 Å². The lowest BCUT2D eigenvalue weighted by Gasteiger charge is -2.04. The second-order valence-electron chi connectivity index (χ2n) is 10.6. The zero-order valence-electron chi connectivity index (χ0n) is 26.3. The van der Waals surface area contributed by atoms with Crippen molar-refractivity contribution < 1.29 is 27.9 Å². The fourth-order valence-electron chi connectivity index (χ4n) is 4.35. The second-order valence-corrected chi connectivity index (χ2v) is 13.7. The summed E-state index contributed by atoms with van der Waals surface area (Å²) in [4.78, 5) is 26.1. The summed E-state index contributed by atoms with van der Waals surface area (Å²) in [6, 6.07) is 16.7. The molecular formula is C34H36N4O6S3. The molecule has 0 aliphatic heterocycles. The molecule has 0 amide bonds. The molecule has 3 heterocycles. The molecule has 0 aliphatic rings. The van der Waals surface area contributed by atoms with Crippen LogP contribution < -0.4 is 9.47 Å². The van der Waals surface area contributed by atoms with E-state index >= 15 is 0 Å². The van der Waals surface area contributed by atoms with Gasteiger partial charge in [0.05, 0.1) is 0 Å². The average Bonchev–Trinajstić information content (AvgIpc) is 3.87. The first-order chi connectivity index (χ1) is 23.0. The Balaban J connectivity index is 1.09. The number of aromatic nitrogens is 4. The molecule has 0 unspecified atom stereocenters. The van der Waals surface area contributed by atoms with E-state index in [0.717, 1.165) is 46.8 Å². The fraction of sp³-hybridized carbons (Fsp3) is 0.353. The SMILES string of the molecule is CCCCCCSc1nnc(-c2ccc(OC(=O)c3ccc(C(=O)Oc4ccc(-c5nnc(SCCCCCC)o5)cc4)s3)cc2)o1. The maximum atomic E-state index is 12.8. The summed E-state index contributed by atoms with van der Waals surface area (Å²) in [5.74, 6) is 2.22. The minimum Gasteiger partial charge on any atom is -0.422 e. The van der Waals surface area contributed by atoms with Gasteiger partial charge >= 0.3 is 11.9 Å². The molecule has 0 aliphatic carbocycles. The lowest BCUT2D eigenvalue weighted by atomic mass is 10.2. The van der Waals surface area contributed by atoms with Gasteiger partial charge in [-0.05, 0) is 73.5 Å². The Hall–Kier alpha value is -3.94. The number of hydrogen-bond donors (Lipinski definition) is 0. The molecule has 5 aromatic rings. The van der Waals surface area contributed by atoms with Crippen LogP contribution in [0.25, 0.3) is 22.9 Å². The lowest BCUT2D eigenvalue weighted by molar-refractivity contribution is 0.0732. The van der Waals surface area contributed by atoms with E-state index in [1.165, 1.54) is 50.7 Å². The zero-order valence-corrected chi connectivity index (χ0v) is 28.8. The molecule has 246 valence electrons. The number of hydrogen-bond acceptors (Lipinski definition) is 13. The molecule has 0 spiro atoms. The number of unbranched alkanes of at least 4 members (excludes halogenated alkanes) is 6. The second kappa shape index (κ2) is 17.8. The van der Waals surface area contributed by atoms with Crippen LogP contribution in [0.2, 0.25) is 0 Å². The first kappa shape index (κ1) is 34.4. The van der Waals surface area contributed by atoms with Gasteiger partial charge in [-0.25, -0.2) is 9.59 Å². The summed E-state index contributed by atoms with van der Waals surface area (Å²) in [6.45, 7) is 4.37. The topological polar surface area (TPSA) is 130 Å². The minimum absolute atomic E-state index is 0.268. The van der Waals surface area contributed by atoms with Gasteiger partial charge in [-0.2, -0.15) is 0 Å². The van der Waals surface area contributed by atoms with E-state index in [0.29, 0.717) is 33.7 Å². The number of rotatable bonds is 18. The van der Waals surface area contributed by atoms with E-state index in [1.807, 2.05) is 0 Å². The van der Waals surface area contributed by atoms with Crippen LogP contribution in [-0.2, 0) is 0 Å². The van der Waals surface area contributed by atoms with Gasteiger partial charge in [-0.1, -0.05) is 75.9 Å². The largest absolute Gasteiger partial charge is 0.422 e. The van der Waals surface area contributed by atoms with E-state index in [2.05, 4.69) is 34.2 Å². The normalized spacial score (nSPS) is 11.1. The van der Waals surface area contributed by atoms with Gasteiger partial charge in [0.1, 0.15) is 21.3 Å². The predicted molar refractivity (Wildman–Crippen MR) is 183 cm³/mol. The Labute approximate surface area is 286 Å². The molecule has 0 saturated carbocycles. The summed E-state index contributed by atoms with van der Waals surface area (Å²) in [6.07, 6.45) is 9.47. The first-order valence-corrected chi connectivity index (χ1v) is 18.5. The van der Waals surface area contributed by atoms with Gasteiger partial charge in [0.2, 0.25) is 11.8 Å². The summed E-state index contributed by atoms with van der Waals surface area (Å²) in [5.41, 5.74) is 1.44. The minimum atomic E-state index is -0.580. The molecule has 0 radical (unpaired) electrons. The van der Waals surface area contributed by atoms with Crippen molar-refractivity contribution in [1.29, 1.82) is 0 Å². The van der Waals surface area contributed by atoms with Gasteiger partial charge in [0, 0.05) is 22.6 Å². The van der Waals surface area contributed by atoms with Crippen LogP contribution in [0, 0.1) is 0 Å². The Kier molecular flexibility index (Phi) is 13.0. The first-order valence-electron chi connectivity index (χ1n) is 15.7. The van der Waals surface area contributed by atoms with Crippen molar-refractivity contribution in [3.63, 3.8) is 0 Å². The van der Waals surface area contributed by atoms with Gasteiger partial charge < -0.3 is 18.3 Å². The van der Waals surface area contributed by atoms with Gasteiger partial charge in [-0.3, -0.25) is 0 Å². The highest BCUT2D eigenvalue weighted by atomic mass is 32.2. The highest BCUT2D eigenvalue weighted by molar-refractivity contribution is 7.99. The van der Waals surface area contributed by atoms with Crippen LogP contribution in [0.15, 0.2) is 79.9 Å². The van der Waals surface area contributed by atoms with Crippen LogP contribution in [0.4, 0.5) is 0 Å². The summed E-state index contributed by atoms with van der Waals surface area (Å²) < 4.78 is 22.6. The molecule has 2 aromatic carbocycles. The Morgan fingerprint density at radius 2 is 1.02 bits per heavy atom. The number of thiophene rings is 1. The van der Waals surface area contributed by atoms with E-state index in [9.17, 15) is 9.59 Å². The standard InChI is InChI=1S/C34H36N4O6S3/c1-3-5-7-9-21-45-33-37-35-29(43-33)23-11-15-25(16-12-23)41-31(39)27-19-20-28(47-27)32(40)42-26-17-13-24(14-18-26)30-36-38-34(44-30)46-22-10-8-6-4-2/h11-20H,3-10,21-22H2,1-2H3. The van der Waals surface area contributed by atoms with Crippen LogP contribution in [0.3, 0.4) is 0 Å². The van der Waals surface area contributed by atoms with Crippen molar-refractivity contribution in [2.45, 2.75) is 75.7 Å². The Morgan fingerprint density at radius 1 is 0.596 bits per heavy atom. The van der Waals surface area contributed by atoms with Crippen LogP contribution in [-0.4, -0.2) is 43.8 Å². The van der Waals surface area contributed by atoms with Crippen molar-refractivity contribution in [2.75, 3.05) is 11.5 Å². The van der Waals surface area contributed by atoms with Gasteiger partial charge in [0.15, 0.2) is 0 Å². The Bertz CT molecular complexity index is 1590. The number of thioether (sulfide) groups is 2. The van der Waals surface area contributed by atoms with Crippen molar-refractivity contribution in [2.24, 2.45) is 0 Å². The molecule has 0 saturated heterocycles. The fourth-order valence-corrected chi connectivity index (χ4v) is 6.63. The highest BCUT2D eigenvalue weighted by Crippen LogP contribution is 2.28. The number of ether oxygens (including phenoxy) is 2. The Morgan fingerprint density at radius 3 is 1.43 bits per heavy atom. The maximum Gasteiger partial charge on any atom is 0.353 e. The quantitative estimate of drug-likeness (QED) is 0.0375. The third kappa shape index (κ3) is 10.3. The average molecular weight is 693 g/mol. The molecule has 5 rings (SSSR count). The van der Waals surface area contributed by atoms with Crippen molar-refractivity contribution in [1.82, 2.24) is 20.4 Å². The van der Waals surface area contributed by atoms with Gasteiger partial charge in [-0.15, -0.1) is 31.7 Å². The zero-order chi connectivity index (χ0) is 32.8. The third-order valence-electron chi connectivity index (χ3n) is 6.89.